The molecule has 0 atom stereocenters. The van der Waals surface area contributed by atoms with E-state index in [2.05, 4.69) is 5.32 Å². The van der Waals surface area contributed by atoms with Gasteiger partial charge in [-0.25, -0.2) is 4.79 Å². The first-order valence-electron chi connectivity index (χ1n) is 8.40. The SMILES string of the molecule is O=C(Cc1ccccc1C(=O)O)NCCCOCC1CCOCC1. The van der Waals surface area contributed by atoms with Crippen molar-refractivity contribution in [3.8, 4) is 0 Å². The zero-order valence-corrected chi connectivity index (χ0v) is 13.8. The number of nitrogens with one attached hydrogen (secondary N) is 1. The van der Waals surface area contributed by atoms with E-state index in [-0.39, 0.29) is 17.9 Å². The average Bonchev–Trinajstić information content (AvgIpc) is 2.59. The standard InChI is InChI=1S/C18H25NO5/c20-17(12-15-4-1-2-5-16(15)18(21)22)19-8-3-9-24-13-14-6-10-23-11-7-14/h1-2,4-5,14H,3,6-13H2,(H,19,20)(H,21,22). The van der Waals surface area contributed by atoms with E-state index >= 15 is 0 Å². The van der Waals surface area contributed by atoms with Gasteiger partial charge in [0.25, 0.3) is 0 Å². The van der Waals surface area contributed by atoms with Crippen molar-refractivity contribution < 1.29 is 24.2 Å². The van der Waals surface area contributed by atoms with E-state index in [1.54, 1.807) is 18.2 Å². The first-order chi connectivity index (χ1) is 11.7. The molecule has 1 amide bonds. The Morgan fingerprint density at radius 2 is 2.00 bits per heavy atom. The molecule has 132 valence electrons. The van der Waals surface area contributed by atoms with E-state index in [1.165, 1.54) is 6.07 Å². The number of carbonyl (C=O) groups excluding carboxylic acids is 1. The van der Waals surface area contributed by atoms with Gasteiger partial charge in [-0.1, -0.05) is 18.2 Å². The molecule has 6 nitrogen and oxygen atoms in total. The molecule has 0 saturated carbocycles. The number of benzene rings is 1. The van der Waals surface area contributed by atoms with Gasteiger partial charge in [-0.2, -0.15) is 0 Å². The number of carbonyl (C=O) groups is 2. The fraction of sp³-hybridized carbons (Fsp3) is 0.556. The summed E-state index contributed by atoms with van der Waals surface area (Å²) in [6, 6.07) is 6.56. The molecule has 0 unspecified atom stereocenters. The van der Waals surface area contributed by atoms with Crippen LogP contribution in [0.15, 0.2) is 24.3 Å². The van der Waals surface area contributed by atoms with Crippen LogP contribution >= 0.6 is 0 Å². The summed E-state index contributed by atoms with van der Waals surface area (Å²) >= 11 is 0. The van der Waals surface area contributed by atoms with Crippen LogP contribution < -0.4 is 5.32 Å². The summed E-state index contributed by atoms with van der Waals surface area (Å²) in [5.74, 6) is -0.603. The van der Waals surface area contributed by atoms with Crippen LogP contribution in [0.4, 0.5) is 0 Å². The van der Waals surface area contributed by atoms with Gasteiger partial charge in [0.2, 0.25) is 5.91 Å². The van der Waals surface area contributed by atoms with Crippen molar-refractivity contribution in [3.05, 3.63) is 35.4 Å². The maximum atomic E-state index is 11.9. The molecule has 0 radical (unpaired) electrons. The molecule has 1 aliphatic heterocycles. The minimum Gasteiger partial charge on any atom is -0.478 e. The number of ether oxygens (including phenoxy) is 2. The van der Waals surface area contributed by atoms with Crippen molar-refractivity contribution in [1.82, 2.24) is 5.32 Å². The zero-order chi connectivity index (χ0) is 17.2. The summed E-state index contributed by atoms with van der Waals surface area (Å²) in [6.07, 6.45) is 2.93. The Kier molecular flexibility index (Phi) is 7.71. The number of aromatic carboxylic acids is 1. The normalized spacial score (nSPS) is 15.2. The molecule has 24 heavy (non-hydrogen) atoms. The third kappa shape index (κ3) is 6.29. The van der Waals surface area contributed by atoms with E-state index in [0.717, 1.165) is 39.1 Å². The predicted octanol–water partition coefficient (Wildman–Crippen LogP) is 1.88. The molecule has 1 saturated heterocycles. The van der Waals surface area contributed by atoms with Gasteiger partial charge in [0, 0.05) is 33.0 Å². The van der Waals surface area contributed by atoms with Crippen LogP contribution in [0.2, 0.25) is 0 Å². The van der Waals surface area contributed by atoms with Gasteiger partial charge in [-0.05, 0) is 36.8 Å². The van der Waals surface area contributed by atoms with Crippen molar-refractivity contribution in [2.75, 3.05) is 33.0 Å². The molecule has 2 N–H and O–H groups in total. The third-order valence-corrected chi connectivity index (χ3v) is 4.08. The highest BCUT2D eigenvalue weighted by Crippen LogP contribution is 2.14. The second kappa shape index (κ2) is 10.1. The predicted molar refractivity (Wildman–Crippen MR) is 89.1 cm³/mol. The Morgan fingerprint density at radius 1 is 1.25 bits per heavy atom. The fourth-order valence-electron chi connectivity index (χ4n) is 2.68. The van der Waals surface area contributed by atoms with Crippen molar-refractivity contribution in [2.24, 2.45) is 5.92 Å². The minimum absolute atomic E-state index is 0.0748. The van der Waals surface area contributed by atoms with E-state index < -0.39 is 5.97 Å². The van der Waals surface area contributed by atoms with Gasteiger partial charge >= 0.3 is 5.97 Å². The van der Waals surface area contributed by atoms with Crippen LogP contribution in [0.25, 0.3) is 0 Å². The van der Waals surface area contributed by atoms with Crippen molar-refractivity contribution in [3.63, 3.8) is 0 Å². The van der Waals surface area contributed by atoms with Gasteiger partial charge in [-0.3, -0.25) is 4.79 Å². The van der Waals surface area contributed by atoms with Crippen LogP contribution in [-0.2, 0) is 20.7 Å². The van der Waals surface area contributed by atoms with Gasteiger partial charge in [-0.15, -0.1) is 0 Å². The first-order valence-corrected chi connectivity index (χ1v) is 8.40. The van der Waals surface area contributed by atoms with Crippen LogP contribution in [0.1, 0.15) is 35.2 Å². The van der Waals surface area contributed by atoms with Crippen LogP contribution in [0.5, 0.6) is 0 Å². The molecule has 0 spiro atoms. The topological polar surface area (TPSA) is 84.9 Å². The highest BCUT2D eigenvalue weighted by Gasteiger charge is 2.14. The molecule has 1 heterocycles. The summed E-state index contributed by atoms with van der Waals surface area (Å²) in [5, 5.41) is 11.9. The molecule has 0 aromatic heterocycles. The van der Waals surface area contributed by atoms with E-state index in [1.807, 2.05) is 0 Å². The molecule has 0 aliphatic carbocycles. The lowest BCUT2D eigenvalue weighted by atomic mass is 10.0. The van der Waals surface area contributed by atoms with Crippen LogP contribution in [-0.4, -0.2) is 50.0 Å². The average molecular weight is 335 g/mol. The van der Waals surface area contributed by atoms with E-state index in [0.29, 0.717) is 24.6 Å². The molecule has 6 heteroatoms. The molecule has 1 aliphatic rings. The number of hydrogen-bond donors (Lipinski definition) is 2. The van der Waals surface area contributed by atoms with Crippen molar-refractivity contribution in [1.29, 1.82) is 0 Å². The van der Waals surface area contributed by atoms with E-state index in [4.69, 9.17) is 14.6 Å². The number of carboxylic acids is 1. The smallest absolute Gasteiger partial charge is 0.335 e. The molecular weight excluding hydrogens is 310 g/mol. The summed E-state index contributed by atoms with van der Waals surface area (Å²) in [4.78, 5) is 23.0. The van der Waals surface area contributed by atoms with Gasteiger partial charge < -0.3 is 19.9 Å². The molecule has 1 fully saturated rings. The van der Waals surface area contributed by atoms with Gasteiger partial charge in [0.05, 0.1) is 12.0 Å². The summed E-state index contributed by atoms with van der Waals surface area (Å²) < 4.78 is 10.9. The van der Waals surface area contributed by atoms with E-state index in [9.17, 15) is 9.59 Å². The molecule has 1 aromatic rings. The molecule has 2 rings (SSSR count). The number of rotatable bonds is 9. The fourth-order valence-corrected chi connectivity index (χ4v) is 2.68. The maximum absolute atomic E-state index is 11.9. The number of carboxylic acid groups (broad SMARTS) is 1. The Balaban J connectivity index is 1.59. The first kappa shape index (κ1) is 18.4. The third-order valence-electron chi connectivity index (χ3n) is 4.08. The number of hydrogen-bond acceptors (Lipinski definition) is 4. The lowest BCUT2D eigenvalue weighted by Crippen LogP contribution is -2.27. The Labute approximate surface area is 142 Å². The molecule has 1 aromatic carbocycles. The highest BCUT2D eigenvalue weighted by atomic mass is 16.5. The summed E-state index contributed by atoms with van der Waals surface area (Å²) in [7, 11) is 0. The number of amides is 1. The van der Waals surface area contributed by atoms with Gasteiger partial charge in [0.15, 0.2) is 0 Å². The second-order valence-electron chi connectivity index (χ2n) is 5.97. The highest BCUT2D eigenvalue weighted by molar-refractivity contribution is 5.91. The maximum Gasteiger partial charge on any atom is 0.335 e. The lowest BCUT2D eigenvalue weighted by molar-refractivity contribution is -0.120. The Morgan fingerprint density at radius 3 is 2.75 bits per heavy atom. The second-order valence-corrected chi connectivity index (χ2v) is 5.97. The zero-order valence-electron chi connectivity index (χ0n) is 13.8. The van der Waals surface area contributed by atoms with Crippen LogP contribution in [0, 0.1) is 5.92 Å². The molecular formula is C18H25NO5. The largest absolute Gasteiger partial charge is 0.478 e. The quantitative estimate of drug-likeness (QED) is 0.673. The summed E-state index contributed by atoms with van der Waals surface area (Å²) in [5.41, 5.74) is 0.700. The lowest BCUT2D eigenvalue weighted by Gasteiger charge is -2.21. The Bertz CT molecular complexity index is 540. The minimum atomic E-state index is -1.01. The monoisotopic (exact) mass is 335 g/mol. The van der Waals surface area contributed by atoms with Crippen molar-refractivity contribution >= 4 is 11.9 Å². The van der Waals surface area contributed by atoms with Crippen molar-refractivity contribution in [2.45, 2.75) is 25.7 Å². The van der Waals surface area contributed by atoms with Crippen LogP contribution in [0.3, 0.4) is 0 Å². The Hall–Kier alpha value is -1.92. The van der Waals surface area contributed by atoms with Gasteiger partial charge in [0.1, 0.15) is 0 Å². The summed E-state index contributed by atoms with van der Waals surface area (Å²) in [6.45, 7) is 3.54. The molecule has 0 bridgehead atoms.